The first kappa shape index (κ1) is 19.2. The summed E-state index contributed by atoms with van der Waals surface area (Å²) in [5.41, 5.74) is 3.40. The molecular formula is C19H32O2S. The second kappa shape index (κ2) is 9.34. The molecule has 0 atom stereocenters. The molecule has 0 radical (unpaired) electrons. The Hall–Kier alpha value is -0.830. The van der Waals surface area contributed by atoms with Crippen LogP contribution in [0.5, 0.6) is 0 Å². The van der Waals surface area contributed by atoms with Gasteiger partial charge in [0.15, 0.2) is 9.84 Å². The van der Waals surface area contributed by atoms with Gasteiger partial charge in [-0.3, -0.25) is 0 Å². The van der Waals surface area contributed by atoms with Gasteiger partial charge in [0.2, 0.25) is 0 Å². The lowest BCUT2D eigenvalue weighted by atomic mass is 9.96. The molecule has 22 heavy (non-hydrogen) atoms. The van der Waals surface area contributed by atoms with Crippen molar-refractivity contribution >= 4 is 9.84 Å². The second-order valence-electron chi connectivity index (χ2n) is 6.33. The molecule has 1 aromatic carbocycles. The Kier molecular flexibility index (Phi) is 8.16. The first-order valence-electron chi connectivity index (χ1n) is 8.78. The average molecular weight is 325 g/mol. The molecule has 0 bridgehead atoms. The van der Waals surface area contributed by atoms with Crippen molar-refractivity contribution in [3.05, 3.63) is 28.8 Å². The van der Waals surface area contributed by atoms with Gasteiger partial charge in [-0.1, -0.05) is 52.2 Å². The van der Waals surface area contributed by atoms with E-state index in [-0.39, 0.29) is 0 Å². The quantitative estimate of drug-likeness (QED) is 0.599. The van der Waals surface area contributed by atoms with Crippen LogP contribution in [-0.2, 0) is 29.1 Å². The Balaban J connectivity index is 3.33. The highest BCUT2D eigenvalue weighted by molar-refractivity contribution is 7.90. The average Bonchev–Trinajstić information content (AvgIpc) is 2.47. The number of rotatable bonds is 10. The number of hydrogen-bond donors (Lipinski definition) is 0. The molecule has 0 saturated carbocycles. The van der Waals surface area contributed by atoms with Gasteiger partial charge in [-0.2, -0.15) is 0 Å². The summed E-state index contributed by atoms with van der Waals surface area (Å²) in [6.45, 7) is 6.50. The monoisotopic (exact) mass is 324 g/mol. The summed E-state index contributed by atoms with van der Waals surface area (Å²) in [6, 6.07) is 4.30. The number of unbranched alkanes of at least 4 members (excludes halogenated alkanes) is 3. The minimum Gasteiger partial charge on any atom is -0.224 e. The van der Waals surface area contributed by atoms with E-state index >= 15 is 0 Å². The van der Waals surface area contributed by atoms with Crippen LogP contribution in [0, 0.1) is 0 Å². The maximum absolute atomic E-state index is 12.3. The van der Waals surface area contributed by atoms with Crippen molar-refractivity contribution in [1.29, 1.82) is 0 Å². The highest BCUT2D eigenvalue weighted by Crippen LogP contribution is 2.27. The van der Waals surface area contributed by atoms with Crippen molar-refractivity contribution in [3.63, 3.8) is 0 Å². The molecule has 2 nitrogen and oxygen atoms in total. The summed E-state index contributed by atoms with van der Waals surface area (Å²) in [5.74, 6) is 0. The molecule has 1 aromatic rings. The lowest BCUT2D eigenvalue weighted by Crippen LogP contribution is -2.09. The van der Waals surface area contributed by atoms with Crippen molar-refractivity contribution in [1.82, 2.24) is 0 Å². The van der Waals surface area contributed by atoms with Gasteiger partial charge in [-0.15, -0.1) is 0 Å². The normalized spacial score (nSPS) is 11.8. The molecule has 3 heteroatoms. The summed E-state index contributed by atoms with van der Waals surface area (Å²) in [4.78, 5) is 0.620. The molecule has 0 aliphatic heterocycles. The lowest BCUT2D eigenvalue weighted by molar-refractivity contribution is 0.597. The summed E-state index contributed by atoms with van der Waals surface area (Å²) in [6.07, 6.45) is 10.8. The zero-order valence-corrected chi connectivity index (χ0v) is 15.6. The molecule has 0 unspecified atom stereocenters. The Bertz CT molecular complexity index is 530. The molecular weight excluding hydrogens is 292 g/mol. The second-order valence-corrected chi connectivity index (χ2v) is 8.28. The van der Waals surface area contributed by atoms with Crippen LogP contribution in [0.4, 0.5) is 0 Å². The van der Waals surface area contributed by atoms with Crippen molar-refractivity contribution < 1.29 is 8.42 Å². The van der Waals surface area contributed by atoms with Gasteiger partial charge in [0.1, 0.15) is 0 Å². The zero-order chi connectivity index (χ0) is 16.6. The molecule has 0 heterocycles. The summed E-state index contributed by atoms with van der Waals surface area (Å²) in [5, 5.41) is 0. The van der Waals surface area contributed by atoms with E-state index in [0.717, 1.165) is 56.1 Å². The van der Waals surface area contributed by atoms with Crippen molar-refractivity contribution in [2.45, 2.75) is 83.5 Å². The van der Waals surface area contributed by atoms with E-state index in [0.29, 0.717) is 4.90 Å². The van der Waals surface area contributed by atoms with E-state index in [4.69, 9.17) is 0 Å². The van der Waals surface area contributed by atoms with E-state index in [9.17, 15) is 8.42 Å². The minimum absolute atomic E-state index is 0.620. The first-order chi connectivity index (χ1) is 10.4. The first-order valence-corrected chi connectivity index (χ1v) is 10.7. The largest absolute Gasteiger partial charge is 0.224 e. The van der Waals surface area contributed by atoms with Gasteiger partial charge in [0, 0.05) is 6.26 Å². The molecule has 0 aliphatic rings. The molecule has 0 spiro atoms. The van der Waals surface area contributed by atoms with E-state index < -0.39 is 9.84 Å². The fraction of sp³-hybridized carbons (Fsp3) is 0.684. The smallest absolute Gasteiger partial charge is 0.176 e. The number of sulfone groups is 1. The van der Waals surface area contributed by atoms with Crippen LogP contribution in [-0.4, -0.2) is 14.7 Å². The van der Waals surface area contributed by atoms with Crippen LogP contribution in [0.15, 0.2) is 17.0 Å². The van der Waals surface area contributed by atoms with Crippen LogP contribution in [0.2, 0.25) is 0 Å². The standard InChI is InChI=1S/C19H32O2S/c1-5-8-11-16-14-17(12-9-6-2)19(22(4,20)21)18(15-16)13-10-7-3/h14-15H,5-13H2,1-4H3. The van der Waals surface area contributed by atoms with E-state index in [1.54, 1.807) is 0 Å². The molecule has 0 aromatic heterocycles. The molecule has 0 fully saturated rings. The predicted molar refractivity (Wildman–Crippen MR) is 95.4 cm³/mol. The van der Waals surface area contributed by atoms with Gasteiger partial charge in [0.05, 0.1) is 4.90 Å². The predicted octanol–water partition coefficient (Wildman–Crippen LogP) is 5.12. The molecule has 0 amide bonds. The van der Waals surface area contributed by atoms with Gasteiger partial charge < -0.3 is 0 Å². The summed E-state index contributed by atoms with van der Waals surface area (Å²) < 4.78 is 24.7. The highest BCUT2D eigenvalue weighted by Gasteiger charge is 2.19. The Labute approximate surface area is 137 Å². The van der Waals surface area contributed by atoms with Gasteiger partial charge in [-0.05, 0) is 55.2 Å². The van der Waals surface area contributed by atoms with Crippen molar-refractivity contribution in [2.24, 2.45) is 0 Å². The summed E-state index contributed by atoms with van der Waals surface area (Å²) in [7, 11) is -3.16. The molecule has 0 aliphatic carbocycles. The maximum atomic E-state index is 12.3. The Morgan fingerprint density at radius 2 is 1.18 bits per heavy atom. The van der Waals surface area contributed by atoms with Crippen LogP contribution in [0.3, 0.4) is 0 Å². The van der Waals surface area contributed by atoms with Crippen molar-refractivity contribution in [3.8, 4) is 0 Å². The minimum atomic E-state index is -3.16. The van der Waals surface area contributed by atoms with Crippen LogP contribution in [0.1, 0.15) is 76.0 Å². The Morgan fingerprint density at radius 1 is 0.773 bits per heavy atom. The van der Waals surface area contributed by atoms with Crippen LogP contribution >= 0.6 is 0 Å². The number of aryl methyl sites for hydroxylation is 3. The fourth-order valence-electron chi connectivity index (χ4n) is 2.93. The van der Waals surface area contributed by atoms with Gasteiger partial charge in [0.25, 0.3) is 0 Å². The molecule has 0 N–H and O–H groups in total. The van der Waals surface area contributed by atoms with Gasteiger partial charge >= 0.3 is 0 Å². The van der Waals surface area contributed by atoms with Gasteiger partial charge in [-0.25, -0.2) is 8.42 Å². The maximum Gasteiger partial charge on any atom is 0.176 e. The third-order valence-corrected chi connectivity index (χ3v) is 5.36. The number of hydrogen-bond acceptors (Lipinski definition) is 2. The third kappa shape index (κ3) is 5.75. The SMILES string of the molecule is CCCCc1cc(CCCC)c(S(C)(=O)=O)c(CCCC)c1. The van der Waals surface area contributed by atoms with E-state index in [1.165, 1.54) is 24.7 Å². The lowest BCUT2D eigenvalue weighted by Gasteiger charge is -2.16. The zero-order valence-electron chi connectivity index (χ0n) is 14.7. The number of benzene rings is 1. The van der Waals surface area contributed by atoms with E-state index in [2.05, 4.69) is 32.9 Å². The van der Waals surface area contributed by atoms with Crippen molar-refractivity contribution in [2.75, 3.05) is 6.26 Å². The fourth-order valence-corrected chi connectivity index (χ4v) is 4.21. The Morgan fingerprint density at radius 3 is 1.55 bits per heavy atom. The molecule has 0 saturated heterocycles. The highest BCUT2D eigenvalue weighted by atomic mass is 32.2. The summed E-state index contributed by atoms with van der Waals surface area (Å²) >= 11 is 0. The van der Waals surface area contributed by atoms with E-state index in [1.807, 2.05) is 0 Å². The topological polar surface area (TPSA) is 34.1 Å². The molecule has 1 rings (SSSR count). The van der Waals surface area contributed by atoms with Crippen LogP contribution in [0.25, 0.3) is 0 Å². The third-order valence-electron chi connectivity index (χ3n) is 4.09. The van der Waals surface area contributed by atoms with Crippen LogP contribution < -0.4 is 0 Å². The molecule has 126 valence electrons.